The third-order valence-electron chi connectivity index (χ3n) is 3.90. The molecule has 3 rings (SSSR count). The van der Waals surface area contributed by atoms with Crippen molar-refractivity contribution in [2.24, 2.45) is 0 Å². The number of fused-ring (bicyclic) bond motifs is 1. The molecule has 0 saturated carbocycles. The van der Waals surface area contributed by atoms with E-state index in [4.69, 9.17) is 16.3 Å². The van der Waals surface area contributed by atoms with Crippen LogP contribution in [-0.2, 0) is 4.79 Å². The second kappa shape index (κ2) is 7.04. The number of nitrogens with zero attached hydrogens (tertiary/aromatic N) is 2. The van der Waals surface area contributed by atoms with E-state index in [0.717, 1.165) is 17.0 Å². The molecule has 0 saturated heterocycles. The van der Waals surface area contributed by atoms with Gasteiger partial charge in [0.15, 0.2) is 0 Å². The third kappa shape index (κ3) is 3.44. The summed E-state index contributed by atoms with van der Waals surface area (Å²) in [6.07, 6.45) is 0. The summed E-state index contributed by atoms with van der Waals surface area (Å²) >= 11 is 5.89. The third-order valence-corrected chi connectivity index (χ3v) is 4.14. The van der Waals surface area contributed by atoms with E-state index in [0.29, 0.717) is 10.8 Å². The molecule has 0 atom stereocenters. The van der Waals surface area contributed by atoms with Crippen molar-refractivity contribution < 1.29 is 24.0 Å². The van der Waals surface area contributed by atoms with Crippen molar-refractivity contribution in [1.29, 1.82) is 0 Å². The van der Waals surface area contributed by atoms with Gasteiger partial charge in [0, 0.05) is 17.2 Å². The predicted molar refractivity (Wildman–Crippen MR) is 95.1 cm³/mol. The van der Waals surface area contributed by atoms with Gasteiger partial charge in [-0.1, -0.05) is 11.6 Å². The number of halogens is 1. The first-order valence-electron chi connectivity index (χ1n) is 7.60. The molecule has 0 unspecified atom stereocenters. The number of hydrogen-bond donors (Lipinski definition) is 1. The zero-order valence-corrected chi connectivity index (χ0v) is 14.6. The summed E-state index contributed by atoms with van der Waals surface area (Å²) in [4.78, 5) is 48.0. The van der Waals surface area contributed by atoms with Gasteiger partial charge in [-0.15, -0.1) is 0 Å². The fourth-order valence-electron chi connectivity index (χ4n) is 2.65. The van der Waals surface area contributed by atoms with Gasteiger partial charge >= 0.3 is 0 Å². The number of hydrogen-bond acceptors (Lipinski definition) is 6. The number of methoxy groups -OCH3 is 1. The number of carbonyl (C=O) groups is 3. The average Bonchev–Trinajstić information content (AvgIpc) is 2.86. The maximum Gasteiger partial charge on any atom is 0.270 e. The minimum atomic E-state index is -0.771. The Labute approximate surface area is 157 Å². The van der Waals surface area contributed by atoms with Crippen LogP contribution in [0.3, 0.4) is 0 Å². The van der Waals surface area contributed by atoms with Crippen LogP contribution in [0.1, 0.15) is 20.7 Å². The van der Waals surface area contributed by atoms with Crippen molar-refractivity contribution in [3.05, 3.63) is 62.7 Å². The molecule has 138 valence electrons. The van der Waals surface area contributed by atoms with Gasteiger partial charge in [-0.3, -0.25) is 29.4 Å². The molecular weight excluding hydrogens is 378 g/mol. The van der Waals surface area contributed by atoms with Crippen LogP contribution in [0.4, 0.5) is 11.4 Å². The Bertz CT molecular complexity index is 991. The standard InChI is InChI=1S/C17H12ClN3O6/c1-27-14-5-2-9(18)6-13(14)19-15(22)8-20-16(23)11-4-3-10(21(25)26)7-12(11)17(20)24/h2-7H,8H2,1H3,(H,19,22). The number of ether oxygens (including phenoxy) is 1. The average molecular weight is 390 g/mol. The van der Waals surface area contributed by atoms with Crippen molar-refractivity contribution in [3.63, 3.8) is 0 Å². The van der Waals surface area contributed by atoms with Crippen LogP contribution in [0.25, 0.3) is 0 Å². The van der Waals surface area contributed by atoms with Crippen LogP contribution >= 0.6 is 11.6 Å². The van der Waals surface area contributed by atoms with Crippen LogP contribution in [0, 0.1) is 10.1 Å². The van der Waals surface area contributed by atoms with E-state index in [2.05, 4.69) is 5.32 Å². The second-order valence-electron chi connectivity index (χ2n) is 5.58. The first-order valence-corrected chi connectivity index (χ1v) is 7.97. The summed E-state index contributed by atoms with van der Waals surface area (Å²) in [7, 11) is 1.41. The molecule has 1 aliphatic rings. The number of nitro benzene ring substituents is 1. The molecule has 10 heteroatoms. The molecule has 0 fully saturated rings. The molecule has 27 heavy (non-hydrogen) atoms. The molecule has 0 aliphatic carbocycles. The van der Waals surface area contributed by atoms with Crippen molar-refractivity contribution in [2.75, 3.05) is 19.0 Å². The van der Waals surface area contributed by atoms with Crippen LogP contribution < -0.4 is 10.1 Å². The molecule has 9 nitrogen and oxygen atoms in total. The van der Waals surface area contributed by atoms with E-state index in [1.165, 1.54) is 19.2 Å². The molecule has 0 radical (unpaired) electrons. The molecule has 0 bridgehead atoms. The van der Waals surface area contributed by atoms with Crippen LogP contribution in [-0.4, -0.2) is 41.2 Å². The smallest absolute Gasteiger partial charge is 0.270 e. The highest BCUT2D eigenvalue weighted by molar-refractivity contribution is 6.31. The van der Waals surface area contributed by atoms with E-state index in [9.17, 15) is 24.5 Å². The fraction of sp³-hybridized carbons (Fsp3) is 0.118. The van der Waals surface area contributed by atoms with E-state index >= 15 is 0 Å². The number of anilines is 1. The molecule has 0 aromatic heterocycles. The minimum absolute atomic E-state index is 0.0127. The number of nitro groups is 1. The van der Waals surface area contributed by atoms with Gasteiger partial charge in [0.05, 0.1) is 28.8 Å². The van der Waals surface area contributed by atoms with Crippen LogP contribution in [0.5, 0.6) is 5.75 Å². The van der Waals surface area contributed by atoms with Gasteiger partial charge < -0.3 is 10.1 Å². The lowest BCUT2D eigenvalue weighted by molar-refractivity contribution is -0.384. The van der Waals surface area contributed by atoms with E-state index in [1.54, 1.807) is 12.1 Å². The van der Waals surface area contributed by atoms with Crippen molar-refractivity contribution in [2.45, 2.75) is 0 Å². The Kier molecular flexibility index (Phi) is 4.78. The number of non-ortho nitro benzene ring substituents is 1. The largest absolute Gasteiger partial charge is 0.495 e. The van der Waals surface area contributed by atoms with Gasteiger partial charge in [0.25, 0.3) is 17.5 Å². The molecule has 1 heterocycles. The topological polar surface area (TPSA) is 119 Å². The summed E-state index contributed by atoms with van der Waals surface area (Å²) in [5, 5.41) is 13.7. The summed E-state index contributed by atoms with van der Waals surface area (Å²) < 4.78 is 5.12. The van der Waals surface area contributed by atoms with Gasteiger partial charge in [-0.2, -0.15) is 0 Å². The predicted octanol–water partition coefficient (Wildman–Crippen LogP) is 2.49. The fourth-order valence-corrected chi connectivity index (χ4v) is 2.82. The number of benzene rings is 2. The summed E-state index contributed by atoms with van der Waals surface area (Å²) in [6, 6.07) is 7.94. The molecule has 1 N–H and O–H groups in total. The summed E-state index contributed by atoms with van der Waals surface area (Å²) in [5.74, 6) is -1.77. The van der Waals surface area contributed by atoms with Gasteiger partial charge in [0.1, 0.15) is 12.3 Å². The Morgan fingerprint density at radius 3 is 2.56 bits per heavy atom. The zero-order valence-electron chi connectivity index (χ0n) is 13.9. The first kappa shape index (κ1) is 18.3. The minimum Gasteiger partial charge on any atom is -0.495 e. The second-order valence-corrected chi connectivity index (χ2v) is 6.01. The summed E-state index contributed by atoms with van der Waals surface area (Å²) in [6.45, 7) is -0.560. The van der Waals surface area contributed by atoms with Gasteiger partial charge in [-0.25, -0.2) is 0 Å². The molecular formula is C17H12ClN3O6. The lowest BCUT2D eigenvalue weighted by Gasteiger charge is -2.15. The SMILES string of the molecule is COc1ccc(Cl)cc1NC(=O)CN1C(=O)c2ccc([N+](=O)[O-])cc2C1=O. The van der Waals surface area contributed by atoms with Crippen molar-refractivity contribution >= 4 is 40.7 Å². The molecule has 3 amide bonds. The Hall–Kier alpha value is -3.46. The molecule has 1 aliphatic heterocycles. The normalized spacial score (nSPS) is 12.7. The van der Waals surface area contributed by atoms with Gasteiger partial charge in [-0.05, 0) is 24.3 Å². The van der Waals surface area contributed by atoms with Gasteiger partial charge in [0.2, 0.25) is 5.91 Å². The maximum absolute atomic E-state index is 12.4. The quantitative estimate of drug-likeness (QED) is 0.476. The highest BCUT2D eigenvalue weighted by Crippen LogP contribution is 2.29. The van der Waals surface area contributed by atoms with Crippen LogP contribution in [0.15, 0.2) is 36.4 Å². The maximum atomic E-state index is 12.4. The van der Waals surface area contributed by atoms with E-state index < -0.39 is 29.2 Å². The van der Waals surface area contributed by atoms with Crippen LogP contribution in [0.2, 0.25) is 5.02 Å². The molecule has 0 spiro atoms. The Balaban J connectivity index is 1.79. The lowest BCUT2D eigenvalue weighted by atomic mass is 10.1. The van der Waals surface area contributed by atoms with Crippen molar-refractivity contribution in [1.82, 2.24) is 4.90 Å². The number of nitrogens with one attached hydrogen (secondary N) is 1. The highest BCUT2D eigenvalue weighted by Gasteiger charge is 2.37. The number of rotatable bonds is 5. The lowest BCUT2D eigenvalue weighted by Crippen LogP contribution is -2.37. The van der Waals surface area contributed by atoms with Crippen molar-refractivity contribution in [3.8, 4) is 5.75 Å². The molecule has 2 aromatic rings. The Morgan fingerprint density at radius 1 is 1.19 bits per heavy atom. The van der Waals surface area contributed by atoms with E-state index in [1.807, 2.05) is 0 Å². The first-order chi connectivity index (χ1) is 12.8. The summed E-state index contributed by atoms with van der Waals surface area (Å²) in [5.41, 5.74) is -0.131. The number of carbonyl (C=O) groups excluding carboxylic acids is 3. The number of amides is 3. The molecule has 2 aromatic carbocycles. The van der Waals surface area contributed by atoms with E-state index in [-0.39, 0.29) is 22.5 Å². The zero-order chi connectivity index (χ0) is 19.7. The Morgan fingerprint density at radius 2 is 1.89 bits per heavy atom. The highest BCUT2D eigenvalue weighted by atomic mass is 35.5. The number of imide groups is 1. The monoisotopic (exact) mass is 389 g/mol.